The third-order valence-electron chi connectivity index (χ3n) is 2.19. The van der Waals surface area contributed by atoms with Gasteiger partial charge in [-0.1, -0.05) is 11.4 Å². The predicted octanol–water partition coefficient (Wildman–Crippen LogP) is 1.80. The van der Waals surface area contributed by atoms with Crippen molar-refractivity contribution in [3.8, 4) is 0 Å². The first-order valence-corrected chi connectivity index (χ1v) is 6.86. The standard InChI is InChI=1S/C10H12N4OS2/c1-3-8-9(17-14-13-8)10(15)11-4-7-5-16-6(2)12-7/h5H,3-4H2,1-2H3,(H,11,15). The highest BCUT2D eigenvalue weighted by atomic mass is 32.1. The molecule has 0 radical (unpaired) electrons. The third kappa shape index (κ3) is 2.86. The lowest BCUT2D eigenvalue weighted by molar-refractivity contribution is 0.0953. The minimum atomic E-state index is -0.123. The molecule has 2 heterocycles. The number of hydrogen-bond acceptors (Lipinski definition) is 6. The van der Waals surface area contributed by atoms with Crippen LogP contribution >= 0.6 is 22.9 Å². The van der Waals surface area contributed by atoms with Gasteiger partial charge < -0.3 is 5.32 Å². The molecule has 0 aliphatic carbocycles. The fourth-order valence-electron chi connectivity index (χ4n) is 1.35. The Labute approximate surface area is 107 Å². The van der Waals surface area contributed by atoms with Crippen LogP contribution < -0.4 is 5.32 Å². The van der Waals surface area contributed by atoms with E-state index in [0.717, 1.165) is 34.3 Å². The number of aryl methyl sites for hydroxylation is 2. The number of hydrogen-bond donors (Lipinski definition) is 1. The molecule has 1 amide bonds. The van der Waals surface area contributed by atoms with Crippen LogP contribution in [0.1, 0.15) is 33.0 Å². The number of nitrogens with zero attached hydrogens (tertiary/aromatic N) is 3. The normalized spacial score (nSPS) is 10.5. The first-order chi connectivity index (χ1) is 8.20. The van der Waals surface area contributed by atoms with Crippen LogP contribution in [0.4, 0.5) is 0 Å². The summed E-state index contributed by atoms with van der Waals surface area (Å²) in [6.45, 7) is 4.35. The zero-order valence-electron chi connectivity index (χ0n) is 9.56. The van der Waals surface area contributed by atoms with Crippen LogP contribution in [0.25, 0.3) is 0 Å². The van der Waals surface area contributed by atoms with Crippen molar-refractivity contribution in [3.05, 3.63) is 26.7 Å². The highest BCUT2D eigenvalue weighted by Crippen LogP contribution is 2.12. The van der Waals surface area contributed by atoms with E-state index in [1.54, 1.807) is 11.3 Å². The molecule has 0 unspecified atom stereocenters. The first-order valence-electron chi connectivity index (χ1n) is 5.21. The van der Waals surface area contributed by atoms with Crippen molar-refractivity contribution >= 4 is 28.8 Å². The van der Waals surface area contributed by atoms with Crippen LogP contribution in [0.5, 0.6) is 0 Å². The maximum absolute atomic E-state index is 11.9. The SMILES string of the molecule is CCc1nnsc1C(=O)NCc1csc(C)n1. The van der Waals surface area contributed by atoms with Crippen LogP contribution in [-0.2, 0) is 13.0 Å². The van der Waals surface area contributed by atoms with Gasteiger partial charge in [-0.25, -0.2) is 4.98 Å². The number of nitrogens with one attached hydrogen (secondary N) is 1. The molecule has 0 saturated carbocycles. The second-order valence-electron chi connectivity index (χ2n) is 3.44. The van der Waals surface area contributed by atoms with E-state index in [0.29, 0.717) is 11.4 Å². The molecule has 0 saturated heterocycles. The molecule has 2 aromatic rings. The summed E-state index contributed by atoms with van der Waals surface area (Å²) >= 11 is 2.71. The Morgan fingerprint density at radius 2 is 2.35 bits per heavy atom. The van der Waals surface area contributed by atoms with Gasteiger partial charge in [0, 0.05) is 5.38 Å². The number of aromatic nitrogens is 3. The molecule has 0 aliphatic rings. The number of carbonyl (C=O) groups is 1. The average molecular weight is 268 g/mol. The maximum atomic E-state index is 11.9. The largest absolute Gasteiger partial charge is 0.346 e. The Kier molecular flexibility index (Phi) is 3.80. The predicted molar refractivity (Wildman–Crippen MR) is 67.3 cm³/mol. The zero-order chi connectivity index (χ0) is 12.3. The first kappa shape index (κ1) is 12.1. The monoisotopic (exact) mass is 268 g/mol. The van der Waals surface area contributed by atoms with Crippen LogP contribution in [-0.4, -0.2) is 20.5 Å². The van der Waals surface area contributed by atoms with E-state index < -0.39 is 0 Å². The molecule has 0 fully saturated rings. The van der Waals surface area contributed by atoms with Gasteiger partial charge in [0.15, 0.2) is 0 Å². The van der Waals surface area contributed by atoms with Crippen LogP contribution in [0.15, 0.2) is 5.38 Å². The highest BCUT2D eigenvalue weighted by Gasteiger charge is 2.14. The highest BCUT2D eigenvalue weighted by molar-refractivity contribution is 7.09. The van der Waals surface area contributed by atoms with Crippen LogP contribution in [0.3, 0.4) is 0 Å². The van der Waals surface area contributed by atoms with Crippen molar-refractivity contribution in [2.45, 2.75) is 26.8 Å². The lowest BCUT2D eigenvalue weighted by atomic mass is 10.3. The Hall–Kier alpha value is -1.34. The molecule has 0 bridgehead atoms. The fraction of sp³-hybridized carbons (Fsp3) is 0.400. The quantitative estimate of drug-likeness (QED) is 0.918. The van der Waals surface area contributed by atoms with Crippen molar-refractivity contribution in [2.75, 3.05) is 0 Å². The maximum Gasteiger partial charge on any atom is 0.265 e. The molecule has 90 valence electrons. The summed E-state index contributed by atoms with van der Waals surface area (Å²) in [5, 5.41) is 9.68. The molecule has 0 atom stereocenters. The van der Waals surface area contributed by atoms with Crippen molar-refractivity contribution in [1.29, 1.82) is 0 Å². The molecular formula is C10H12N4OS2. The molecule has 0 aromatic carbocycles. The minimum Gasteiger partial charge on any atom is -0.346 e. The van der Waals surface area contributed by atoms with Crippen molar-refractivity contribution in [2.24, 2.45) is 0 Å². The molecule has 0 aliphatic heterocycles. The van der Waals surface area contributed by atoms with Gasteiger partial charge in [-0.3, -0.25) is 4.79 Å². The lowest BCUT2D eigenvalue weighted by Crippen LogP contribution is -2.23. The zero-order valence-corrected chi connectivity index (χ0v) is 11.2. The number of amides is 1. The molecular weight excluding hydrogens is 256 g/mol. The summed E-state index contributed by atoms with van der Waals surface area (Å²) in [5.41, 5.74) is 1.64. The summed E-state index contributed by atoms with van der Waals surface area (Å²) in [7, 11) is 0. The summed E-state index contributed by atoms with van der Waals surface area (Å²) in [5.74, 6) is -0.123. The van der Waals surface area contributed by atoms with Gasteiger partial charge in [0.25, 0.3) is 5.91 Å². The fourth-order valence-corrected chi connectivity index (χ4v) is 2.63. The molecule has 7 heteroatoms. The Morgan fingerprint density at radius 3 is 3.00 bits per heavy atom. The smallest absolute Gasteiger partial charge is 0.265 e. The Balaban J connectivity index is 1.98. The van der Waals surface area contributed by atoms with Crippen LogP contribution in [0, 0.1) is 6.92 Å². The van der Waals surface area contributed by atoms with Crippen molar-refractivity contribution < 1.29 is 4.79 Å². The topological polar surface area (TPSA) is 67.8 Å². The van der Waals surface area contributed by atoms with Gasteiger partial charge in [0.05, 0.1) is 22.9 Å². The van der Waals surface area contributed by atoms with Crippen molar-refractivity contribution in [3.63, 3.8) is 0 Å². The minimum absolute atomic E-state index is 0.123. The summed E-state index contributed by atoms with van der Waals surface area (Å²) < 4.78 is 3.79. The molecule has 0 spiro atoms. The second-order valence-corrected chi connectivity index (χ2v) is 5.26. The molecule has 5 nitrogen and oxygen atoms in total. The third-order valence-corrected chi connectivity index (χ3v) is 3.78. The van der Waals surface area contributed by atoms with E-state index in [4.69, 9.17) is 0 Å². The van der Waals surface area contributed by atoms with Crippen molar-refractivity contribution in [1.82, 2.24) is 19.9 Å². The van der Waals surface area contributed by atoms with E-state index in [-0.39, 0.29) is 5.91 Å². The summed E-state index contributed by atoms with van der Waals surface area (Å²) in [6, 6.07) is 0. The van der Waals surface area contributed by atoms with Gasteiger partial charge >= 0.3 is 0 Å². The van der Waals surface area contributed by atoms with Gasteiger partial charge in [-0.15, -0.1) is 16.4 Å². The molecule has 2 aromatic heterocycles. The summed E-state index contributed by atoms with van der Waals surface area (Å²) in [6.07, 6.45) is 0.717. The Bertz CT molecular complexity index is 520. The van der Waals surface area contributed by atoms with E-state index in [2.05, 4.69) is 19.9 Å². The van der Waals surface area contributed by atoms with E-state index in [1.165, 1.54) is 0 Å². The second kappa shape index (κ2) is 5.33. The number of thiazole rings is 1. The molecule has 17 heavy (non-hydrogen) atoms. The van der Waals surface area contributed by atoms with E-state index >= 15 is 0 Å². The number of rotatable bonds is 4. The van der Waals surface area contributed by atoms with Crippen LogP contribution in [0.2, 0.25) is 0 Å². The van der Waals surface area contributed by atoms with E-state index in [1.807, 2.05) is 19.2 Å². The van der Waals surface area contributed by atoms with E-state index in [9.17, 15) is 4.79 Å². The summed E-state index contributed by atoms with van der Waals surface area (Å²) in [4.78, 5) is 16.7. The Morgan fingerprint density at radius 1 is 1.53 bits per heavy atom. The van der Waals surface area contributed by atoms with Gasteiger partial charge in [-0.05, 0) is 24.9 Å². The van der Waals surface area contributed by atoms with Gasteiger partial charge in [-0.2, -0.15) is 0 Å². The van der Waals surface area contributed by atoms with Gasteiger partial charge in [0.2, 0.25) is 0 Å². The average Bonchev–Trinajstić information content (AvgIpc) is 2.94. The number of carbonyl (C=O) groups excluding carboxylic acids is 1. The molecule has 1 N–H and O–H groups in total. The molecule has 2 rings (SSSR count). The van der Waals surface area contributed by atoms with Gasteiger partial charge in [0.1, 0.15) is 4.88 Å². The lowest BCUT2D eigenvalue weighted by Gasteiger charge is -2.01.